The Kier molecular flexibility index (Phi) is 30.5. The maximum atomic E-state index is 13.2. The molecule has 0 aromatic heterocycles. The summed E-state index contributed by atoms with van der Waals surface area (Å²) in [4.78, 5) is 113. The zero-order chi connectivity index (χ0) is 63.6. The second kappa shape index (κ2) is 35.9. The number of likely N-dealkylation sites (N-methyl/N-ethyl adjacent to an activating group) is 1. The number of aliphatic carboxylic acids is 1. The number of rotatable bonds is 22. The molecule has 2 aromatic rings. The third-order valence-electron chi connectivity index (χ3n) is 13.5. The van der Waals surface area contributed by atoms with Crippen LogP contribution in [0.15, 0.2) is 66.3 Å². The minimum Gasteiger partial charge on any atom is -0.496 e. The first-order valence-electron chi connectivity index (χ1n) is 28.0. The molecule has 5 unspecified atom stereocenters. The summed E-state index contributed by atoms with van der Waals surface area (Å²) in [5.41, 5.74) is 6.95. The summed E-state index contributed by atoms with van der Waals surface area (Å²) in [6, 6.07) is 5.03. The van der Waals surface area contributed by atoms with E-state index in [4.69, 9.17) is 41.0 Å². The fourth-order valence-electron chi connectivity index (χ4n) is 8.69. The molecule has 0 aliphatic carbocycles. The topological polar surface area (TPSA) is 336 Å². The van der Waals surface area contributed by atoms with Gasteiger partial charge in [0.1, 0.15) is 40.4 Å². The van der Waals surface area contributed by atoms with Gasteiger partial charge in [0.15, 0.2) is 0 Å². The molecule has 9 N–H and O–H groups in total. The molecule has 3 heterocycles. The molecule has 85 heavy (non-hydrogen) atoms. The van der Waals surface area contributed by atoms with Gasteiger partial charge in [-0.1, -0.05) is 78.2 Å². The molecule has 2 fully saturated rings. The summed E-state index contributed by atoms with van der Waals surface area (Å²) in [6.07, 6.45) is 9.91. The van der Waals surface area contributed by atoms with E-state index in [0.29, 0.717) is 72.3 Å². The number of hydrogen-bond acceptors (Lipinski definition) is 15. The van der Waals surface area contributed by atoms with E-state index < -0.39 is 72.2 Å². The average Bonchev–Trinajstić information content (AvgIpc) is 4.26. The Morgan fingerprint density at radius 3 is 2.34 bits per heavy atom. The summed E-state index contributed by atoms with van der Waals surface area (Å²) >= 11 is 9.69. The third kappa shape index (κ3) is 24.7. The number of nitrogens with one attached hydrogen (secondary N) is 5. The average molecular weight is 1280 g/mol. The summed E-state index contributed by atoms with van der Waals surface area (Å²) in [7, 11) is 5.91. The highest BCUT2D eigenvalue weighted by molar-refractivity contribution is 9.09. The molecule has 0 saturated carbocycles. The van der Waals surface area contributed by atoms with E-state index in [9.17, 15) is 53.4 Å². The van der Waals surface area contributed by atoms with Crippen LogP contribution in [0.1, 0.15) is 128 Å². The first kappa shape index (κ1) is 72.0. The molecule has 2 saturated heterocycles. The van der Waals surface area contributed by atoms with Gasteiger partial charge in [0.05, 0.1) is 50.3 Å². The maximum Gasteiger partial charge on any atom is 0.409 e. The molecule has 3 aliphatic rings. The van der Waals surface area contributed by atoms with E-state index in [1.54, 1.807) is 26.0 Å². The highest BCUT2D eigenvalue weighted by Gasteiger charge is 2.45. The van der Waals surface area contributed by atoms with Gasteiger partial charge >= 0.3 is 24.1 Å². The molecule has 24 nitrogen and oxygen atoms in total. The number of halogens is 2. The van der Waals surface area contributed by atoms with Crippen LogP contribution in [-0.4, -0.2) is 158 Å². The number of hydrogen-bond donors (Lipinski definition) is 8. The number of methoxy groups -OCH3 is 2. The number of aliphatic hydroxyl groups is 1. The highest BCUT2D eigenvalue weighted by Crippen LogP contribution is 2.38. The zero-order valence-corrected chi connectivity index (χ0v) is 52.3. The number of carboxylic acids is 1. The smallest absolute Gasteiger partial charge is 0.409 e. The molecular weight excluding hydrogens is 1190 g/mol. The number of ether oxygens (including phenoxy) is 5. The summed E-state index contributed by atoms with van der Waals surface area (Å²) in [5, 5.41) is 33.5. The lowest BCUT2D eigenvalue weighted by Crippen LogP contribution is -2.56. The first-order chi connectivity index (χ1) is 40.2. The quantitative estimate of drug-likeness (QED) is 0.0194. The number of primary amides is 1. The van der Waals surface area contributed by atoms with Crippen LogP contribution in [0.5, 0.6) is 11.5 Å². The molecule has 26 heteroatoms. The largest absolute Gasteiger partial charge is 0.496 e. The van der Waals surface area contributed by atoms with Gasteiger partial charge < -0.3 is 70.7 Å². The fraction of sp³-hybridized carbons (Fsp3) is 0.542. The first-order valence-corrected chi connectivity index (χ1v) is 29.5. The Morgan fingerprint density at radius 1 is 1.00 bits per heavy atom. The Bertz CT molecular complexity index is 2750. The number of nitrogens with zero attached hydrogens (tertiary/aromatic N) is 2. The van der Waals surface area contributed by atoms with Gasteiger partial charge in [0.25, 0.3) is 5.91 Å². The van der Waals surface area contributed by atoms with Crippen LogP contribution in [-0.2, 0) is 49.4 Å². The molecule has 3 aliphatic heterocycles. The molecule has 8 amide bonds. The van der Waals surface area contributed by atoms with Gasteiger partial charge in [0, 0.05) is 75.4 Å². The number of esters is 1. The monoisotopic (exact) mass is 1270 g/mol. The van der Waals surface area contributed by atoms with E-state index in [1.807, 2.05) is 37.3 Å². The van der Waals surface area contributed by atoms with Gasteiger partial charge in [-0.25, -0.2) is 19.2 Å². The van der Waals surface area contributed by atoms with Crippen molar-refractivity contribution < 1.29 is 77.0 Å². The number of benzene rings is 2. The summed E-state index contributed by atoms with van der Waals surface area (Å²) < 4.78 is 27.1. The fourth-order valence-corrected chi connectivity index (χ4v) is 9.23. The molecule has 0 radical (unpaired) electrons. The molecule has 470 valence electrons. The minimum absolute atomic E-state index is 0.0683. The number of carbonyl (C=O) groups excluding carboxylic acids is 8. The number of carboxylic acid groups (broad SMARTS) is 1. The van der Waals surface area contributed by atoms with Crippen LogP contribution in [0, 0.1) is 0 Å². The van der Waals surface area contributed by atoms with Gasteiger partial charge in [-0.3, -0.25) is 29.3 Å². The number of alkyl halides is 1. The highest BCUT2D eigenvalue weighted by atomic mass is 79.9. The van der Waals surface area contributed by atoms with E-state index in [1.165, 1.54) is 45.7 Å². The van der Waals surface area contributed by atoms with Gasteiger partial charge in [-0.2, -0.15) is 0 Å². The van der Waals surface area contributed by atoms with Crippen LogP contribution >= 0.6 is 27.5 Å². The lowest BCUT2D eigenvalue weighted by atomic mass is 9.96. The lowest BCUT2D eigenvalue weighted by Gasteiger charge is -2.36. The maximum absolute atomic E-state index is 13.2. The SMILES string of the molecule is C=C(CBr)C(=O)OC(C)CCCCC(=O)NCC(=O)NC(CCCNC(N)=O)C(=O)Nc1ccc(C(=O)N(C)[C@@H](C)C(=O)O)c(OC)c1.CCC.COc1cc2cc(c1Cl)N(C)C(=O)CCC1OC1CC1C[C@](O)(C/C=C/C=C(\C)C2)NC(=O)O1. The van der Waals surface area contributed by atoms with Crippen molar-refractivity contribution in [2.75, 3.05) is 57.0 Å². The predicted octanol–water partition coefficient (Wildman–Crippen LogP) is 6.97. The lowest BCUT2D eigenvalue weighted by molar-refractivity contribution is -0.144. The van der Waals surface area contributed by atoms with E-state index in [2.05, 4.69) is 62.9 Å². The van der Waals surface area contributed by atoms with Crippen molar-refractivity contribution in [3.05, 3.63) is 82.4 Å². The predicted molar refractivity (Wildman–Crippen MR) is 324 cm³/mol. The molecule has 2 aromatic carbocycles. The molecule has 4 bridgehead atoms. The number of fused-ring (bicyclic) bond motifs is 5. The van der Waals surface area contributed by atoms with Crippen molar-refractivity contribution in [2.24, 2.45) is 5.73 Å². The van der Waals surface area contributed by atoms with E-state index in [-0.39, 0.29) is 85.8 Å². The number of allylic oxidation sites excluding steroid dienone is 3. The van der Waals surface area contributed by atoms with Crippen molar-refractivity contribution in [2.45, 2.75) is 160 Å². The van der Waals surface area contributed by atoms with Crippen LogP contribution in [0.25, 0.3) is 0 Å². The Labute approximate surface area is 510 Å². The number of anilines is 2. The number of urea groups is 1. The number of unbranched alkanes of at least 4 members (excludes halogenated alkanes) is 1. The van der Waals surface area contributed by atoms with Gasteiger partial charge in [-0.15, -0.1) is 0 Å². The van der Waals surface area contributed by atoms with Crippen molar-refractivity contribution in [1.29, 1.82) is 0 Å². The number of nitrogens with two attached hydrogens (primary N) is 1. The Balaban J connectivity index is 0.000000445. The second-order valence-corrected chi connectivity index (χ2v) is 21.8. The summed E-state index contributed by atoms with van der Waals surface area (Å²) in [6.45, 7) is 12.7. The number of carbonyl (C=O) groups is 9. The van der Waals surface area contributed by atoms with Crippen molar-refractivity contribution >= 4 is 92.5 Å². The zero-order valence-electron chi connectivity index (χ0n) is 49.9. The molecule has 5 rings (SSSR count). The molecular formula is C59H84BrClN8O16. The van der Waals surface area contributed by atoms with Crippen LogP contribution in [0.3, 0.4) is 0 Å². The minimum atomic E-state index is -1.37. The summed E-state index contributed by atoms with van der Waals surface area (Å²) in [5.74, 6) is -3.40. The molecule has 7 atom stereocenters. The van der Waals surface area contributed by atoms with Crippen LogP contribution in [0.2, 0.25) is 5.02 Å². The van der Waals surface area contributed by atoms with Gasteiger partial charge in [0.2, 0.25) is 23.6 Å². The second-order valence-electron chi connectivity index (χ2n) is 20.9. The van der Waals surface area contributed by atoms with E-state index in [0.717, 1.165) is 16.0 Å². The third-order valence-corrected chi connectivity index (χ3v) is 14.6. The van der Waals surface area contributed by atoms with Crippen LogP contribution < -0.4 is 46.7 Å². The Hall–Kier alpha value is -7.22. The van der Waals surface area contributed by atoms with Crippen molar-refractivity contribution in [1.82, 2.24) is 26.2 Å². The van der Waals surface area contributed by atoms with Crippen molar-refractivity contribution in [3.8, 4) is 11.5 Å². The van der Waals surface area contributed by atoms with Crippen LogP contribution in [0.4, 0.5) is 21.0 Å². The van der Waals surface area contributed by atoms with E-state index >= 15 is 0 Å². The number of epoxide rings is 1. The number of amides is 8. The number of alkyl carbamates (subject to hydrolysis) is 1. The standard InChI is InChI=1S/C31H45BrN6O10.C25H31ClN2O6.C3H8/c1-18(16-32)30(45)48-19(2)9-6-7-11-25(39)35-17-26(40)37-23(10-8-14-34-31(33)46)27(41)36-21-12-13-22(24(15-21)47-5)28(42)38(4)20(3)29(43)44;1-15-6-4-5-9-25(31)14-17(33-24(30)27-25)13-20-19(34-20)7-8-22(29)28(2)18-11-16(10-15)12-21(32-3)23(18)26;1-3-2/h12-13,15,19-20,23H,1,6-11,14,16-17H2,2-5H3,(H,35,39)(H,36,41)(H,37,40)(H,43,44)(H3,33,34,46);4-6,11-12,17,19-20,31H,7-10,13-14H2,1-3H3,(H,27,30);3H2,1-2H3/b;5-4+,15-6+;/t19?,20-,23?;17?,19?,20?,25-;/m01./s1. The van der Waals surface area contributed by atoms with Crippen molar-refractivity contribution in [3.63, 3.8) is 0 Å². The van der Waals surface area contributed by atoms with Gasteiger partial charge in [-0.05, 0) is 95.5 Å². The Morgan fingerprint density at radius 2 is 1.69 bits per heavy atom. The normalized spacial score (nSPS) is 20.2. The molecule has 0 spiro atoms.